The second-order valence-electron chi connectivity index (χ2n) is 5.40. The fraction of sp³-hybridized carbons (Fsp3) is 0.533. The number of nitrogens with one attached hydrogen (secondary N) is 2. The molecule has 1 heterocycles. The molecule has 0 saturated carbocycles. The van der Waals surface area contributed by atoms with Crippen molar-refractivity contribution in [3.05, 3.63) is 23.8 Å². The van der Waals surface area contributed by atoms with Gasteiger partial charge in [-0.15, -0.1) is 0 Å². The van der Waals surface area contributed by atoms with E-state index in [1.54, 1.807) is 12.1 Å². The lowest BCUT2D eigenvalue weighted by molar-refractivity contribution is 0.0911. The van der Waals surface area contributed by atoms with Crippen LogP contribution in [0.2, 0.25) is 0 Å². The van der Waals surface area contributed by atoms with E-state index in [0.717, 1.165) is 12.8 Å². The summed E-state index contributed by atoms with van der Waals surface area (Å²) < 4.78 is 5.01. The zero-order valence-electron chi connectivity index (χ0n) is 12.1. The lowest BCUT2D eigenvalue weighted by atomic mass is 9.95. The molecule has 110 valence electrons. The molecule has 20 heavy (non-hydrogen) atoms. The highest BCUT2D eigenvalue weighted by Gasteiger charge is 2.26. The zero-order valence-corrected chi connectivity index (χ0v) is 12.1. The third kappa shape index (κ3) is 3.22. The number of benzene rings is 1. The number of carbonyl (C=O) groups excluding carboxylic acids is 1. The van der Waals surface area contributed by atoms with Gasteiger partial charge in [0.2, 0.25) is 0 Å². The van der Waals surface area contributed by atoms with Gasteiger partial charge in [-0.1, -0.05) is 0 Å². The first-order valence-corrected chi connectivity index (χ1v) is 6.95. The van der Waals surface area contributed by atoms with Gasteiger partial charge in [-0.3, -0.25) is 4.79 Å². The minimum Gasteiger partial charge on any atom is -0.507 e. The summed E-state index contributed by atoms with van der Waals surface area (Å²) in [5, 5.41) is 16.3. The number of methoxy groups -OCH3 is 1. The van der Waals surface area contributed by atoms with Gasteiger partial charge in [0.25, 0.3) is 5.91 Å². The normalized spacial score (nSPS) is 26.1. The van der Waals surface area contributed by atoms with Crippen LogP contribution in [0.5, 0.6) is 11.5 Å². The summed E-state index contributed by atoms with van der Waals surface area (Å²) >= 11 is 0. The van der Waals surface area contributed by atoms with E-state index >= 15 is 0 Å². The Morgan fingerprint density at radius 2 is 2.15 bits per heavy atom. The Bertz CT molecular complexity index is 490. The Balaban J connectivity index is 2.05. The van der Waals surface area contributed by atoms with Crippen molar-refractivity contribution in [2.45, 2.75) is 44.8 Å². The maximum atomic E-state index is 12.2. The number of rotatable bonds is 3. The summed E-state index contributed by atoms with van der Waals surface area (Å²) in [5.41, 5.74) is 0.275. The minimum atomic E-state index is -0.252. The van der Waals surface area contributed by atoms with Gasteiger partial charge in [0.1, 0.15) is 11.5 Å². The lowest BCUT2D eigenvalue weighted by Gasteiger charge is -2.34. The highest BCUT2D eigenvalue weighted by atomic mass is 16.5. The molecule has 1 fully saturated rings. The Morgan fingerprint density at radius 3 is 2.75 bits per heavy atom. The van der Waals surface area contributed by atoms with Crippen LogP contribution in [0, 0.1) is 0 Å². The number of aromatic hydroxyl groups is 1. The third-order valence-corrected chi connectivity index (χ3v) is 3.83. The molecule has 1 aromatic rings. The number of phenols is 1. The van der Waals surface area contributed by atoms with Crippen LogP contribution in [0.25, 0.3) is 0 Å². The fourth-order valence-electron chi connectivity index (χ4n) is 2.60. The monoisotopic (exact) mass is 278 g/mol. The molecule has 2 rings (SSSR count). The number of phenolic OH excluding ortho intramolecular Hbond substituents is 1. The highest BCUT2D eigenvalue weighted by molar-refractivity contribution is 5.97. The van der Waals surface area contributed by atoms with Crippen LogP contribution in [0.1, 0.15) is 37.0 Å². The van der Waals surface area contributed by atoms with Gasteiger partial charge >= 0.3 is 0 Å². The smallest absolute Gasteiger partial charge is 0.255 e. The van der Waals surface area contributed by atoms with Gasteiger partial charge in [-0.05, 0) is 38.8 Å². The summed E-state index contributed by atoms with van der Waals surface area (Å²) in [4.78, 5) is 12.2. The van der Waals surface area contributed by atoms with E-state index in [-0.39, 0.29) is 29.3 Å². The van der Waals surface area contributed by atoms with E-state index < -0.39 is 0 Å². The van der Waals surface area contributed by atoms with Crippen molar-refractivity contribution in [2.75, 3.05) is 7.11 Å². The molecular formula is C15H22N2O3. The molecular weight excluding hydrogens is 256 g/mol. The average Bonchev–Trinajstić information content (AvgIpc) is 2.41. The minimum absolute atomic E-state index is 0.0633. The zero-order chi connectivity index (χ0) is 14.7. The number of amides is 1. The summed E-state index contributed by atoms with van der Waals surface area (Å²) in [6.07, 6.45) is 1.97. The Hall–Kier alpha value is -1.75. The molecule has 1 amide bonds. The van der Waals surface area contributed by atoms with Crippen LogP contribution in [-0.2, 0) is 0 Å². The van der Waals surface area contributed by atoms with Crippen LogP contribution >= 0.6 is 0 Å². The van der Waals surface area contributed by atoms with Gasteiger partial charge < -0.3 is 20.5 Å². The van der Waals surface area contributed by atoms with Crippen molar-refractivity contribution < 1.29 is 14.6 Å². The number of piperidine rings is 1. The van der Waals surface area contributed by atoms with Gasteiger partial charge in [-0.2, -0.15) is 0 Å². The summed E-state index contributed by atoms with van der Waals surface area (Å²) in [6, 6.07) is 5.47. The number of ether oxygens (including phenoxy) is 1. The van der Waals surface area contributed by atoms with Crippen molar-refractivity contribution in [1.82, 2.24) is 10.6 Å². The number of carbonyl (C=O) groups is 1. The largest absolute Gasteiger partial charge is 0.507 e. The van der Waals surface area contributed by atoms with Crippen molar-refractivity contribution in [2.24, 2.45) is 0 Å². The molecule has 1 saturated heterocycles. The van der Waals surface area contributed by atoms with Crippen LogP contribution in [0.15, 0.2) is 18.2 Å². The average molecular weight is 278 g/mol. The first-order chi connectivity index (χ1) is 9.51. The second kappa shape index (κ2) is 6.13. The van der Waals surface area contributed by atoms with E-state index in [1.807, 2.05) is 0 Å². The SMILES string of the molecule is COc1ccc(C(=O)NC2CCC(C)NC2C)c(O)c1. The Kier molecular flexibility index (Phi) is 4.49. The maximum Gasteiger partial charge on any atom is 0.255 e. The maximum absolute atomic E-state index is 12.2. The molecule has 5 nitrogen and oxygen atoms in total. The molecule has 0 aromatic heterocycles. The first kappa shape index (κ1) is 14.7. The van der Waals surface area contributed by atoms with Gasteiger partial charge in [0.05, 0.1) is 12.7 Å². The van der Waals surface area contributed by atoms with Crippen LogP contribution in [0.3, 0.4) is 0 Å². The van der Waals surface area contributed by atoms with Gasteiger partial charge in [-0.25, -0.2) is 0 Å². The Morgan fingerprint density at radius 1 is 1.40 bits per heavy atom. The molecule has 3 unspecified atom stereocenters. The predicted octanol–water partition coefficient (Wildman–Crippen LogP) is 1.66. The summed E-state index contributed by atoms with van der Waals surface area (Å²) in [5.74, 6) is 0.213. The molecule has 0 bridgehead atoms. The van der Waals surface area contributed by atoms with E-state index in [0.29, 0.717) is 11.8 Å². The van der Waals surface area contributed by atoms with Gasteiger partial charge in [0.15, 0.2) is 0 Å². The summed E-state index contributed by atoms with van der Waals surface area (Å²) in [7, 11) is 1.52. The quantitative estimate of drug-likeness (QED) is 0.786. The van der Waals surface area contributed by atoms with Crippen molar-refractivity contribution >= 4 is 5.91 Å². The molecule has 0 aliphatic carbocycles. The number of hydrogen-bond donors (Lipinski definition) is 3. The second-order valence-corrected chi connectivity index (χ2v) is 5.40. The van der Waals surface area contributed by atoms with E-state index in [2.05, 4.69) is 24.5 Å². The summed E-state index contributed by atoms with van der Waals surface area (Å²) in [6.45, 7) is 4.21. The molecule has 0 radical (unpaired) electrons. The predicted molar refractivity (Wildman–Crippen MR) is 77.2 cm³/mol. The van der Waals surface area contributed by atoms with Crippen molar-refractivity contribution in [3.63, 3.8) is 0 Å². The molecule has 0 spiro atoms. The van der Waals surface area contributed by atoms with Crippen LogP contribution < -0.4 is 15.4 Å². The third-order valence-electron chi connectivity index (χ3n) is 3.83. The van der Waals surface area contributed by atoms with E-state index in [4.69, 9.17) is 4.74 Å². The molecule has 1 aliphatic heterocycles. The van der Waals surface area contributed by atoms with Crippen LogP contribution in [0.4, 0.5) is 0 Å². The van der Waals surface area contributed by atoms with Crippen molar-refractivity contribution in [1.29, 1.82) is 0 Å². The van der Waals surface area contributed by atoms with Gasteiger partial charge in [0, 0.05) is 24.2 Å². The molecule has 1 aromatic carbocycles. The van der Waals surface area contributed by atoms with E-state index in [9.17, 15) is 9.90 Å². The highest BCUT2D eigenvalue weighted by Crippen LogP contribution is 2.24. The topological polar surface area (TPSA) is 70.6 Å². The molecule has 3 N–H and O–H groups in total. The Labute approximate surface area is 119 Å². The van der Waals surface area contributed by atoms with E-state index in [1.165, 1.54) is 13.2 Å². The lowest BCUT2D eigenvalue weighted by Crippen LogP contribution is -2.54. The fourth-order valence-corrected chi connectivity index (χ4v) is 2.60. The molecule has 1 aliphatic rings. The molecule has 3 atom stereocenters. The number of hydrogen-bond acceptors (Lipinski definition) is 4. The van der Waals surface area contributed by atoms with Crippen molar-refractivity contribution in [3.8, 4) is 11.5 Å². The standard InChI is InChI=1S/C15H22N2O3/c1-9-4-7-13(10(2)16-9)17-15(19)12-6-5-11(20-3)8-14(12)18/h5-6,8-10,13,16,18H,4,7H2,1-3H3,(H,17,19). The van der Waals surface area contributed by atoms with Crippen LogP contribution in [-0.4, -0.2) is 36.2 Å². The first-order valence-electron chi connectivity index (χ1n) is 6.95. The molecule has 5 heteroatoms.